The fraction of sp³-hybridized carbons (Fsp3) is 0.227. The van der Waals surface area contributed by atoms with Crippen LogP contribution < -0.4 is 15.8 Å². The number of amides is 1. The number of hydrogen-bond acceptors (Lipinski definition) is 3. The molecule has 0 aliphatic carbocycles. The third-order valence-corrected chi connectivity index (χ3v) is 3.97. The van der Waals surface area contributed by atoms with Crippen molar-refractivity contribution in [2.75, 3.05) is 0 Å². The molecule has 8 heteroatoms. The van der Waals surface area contributed by atoms with Gasteiger partial charge in [0.2, 0.25) is 0 Å². The summed E-state index contributed by atoms with van der Waals surface area (Å²) in [6.45, 7) is 2.92. The summed E-state index contributed by atoms with van der Waals surface area (Å²) in [5, 5.41) is 2.64. The van der Waals surface area contributed by atoms with E-state index in [0.717, 1.165) is 6.07 Å². The minimum absolute atomic E-state index is 0.0761. The van der Waals surface area contributed by atoms with Crippen LogP contribution in [0.2, 0.25) is 0 Å². The quantitative estimate of drug-likeness (QED) is 0.363. The fourth-order valence-electron chi connectivity index (χ4n) is 2.53. The zero-order chi connectivity index (χ0) is 22.3. The zero-order valence-electron chi connectivity index (χ0n) is 16.5. The molecule has 4 nitrogen and oxygen atoms in total. The molecule has 2 aromatic rings. The minimum Gasteiger partial charge on any atom is -0.457 e. The second-order valence-electron chi connectivity index (χ2n) is 6.56. The van der Waals surface area contributed by atoms with Gasteiger partial charge in [-0.3, -0.25) is 4.79 Å². The third kappa shape index (κ3) is 6.65. The number of nitrogens with two attached hydrogens (primary N) is 1. The van der Waals surface area contributed by atoms with Gasteiger partial charge in [0, 0.05) is 12.2 Å². The normalized spacial score (nSPS) is 13.7. The van der Waals surface area contributed by atoms with E-state index in [1.807, 2.05) is 0 Å². The number of allylic oxidation sites excluding steroid dienone is 2. The summed E-state index contributed by atoms with van der Waals surface area (Å²) >= 11 is 0. The standard InChI is InChI=1S/C22H22F4N2O2/c1-14(23)10-11-18(15(2)27)21(29)28-13-16-6-5-7-17(12-16)30-20-9-4-3-8-19(20)22(24,25)26/h3-12,14H,13,27H2,1-2H3,(H,28,29)/b11-10-,18-15-. The number of hydrogen-bond donors (Lipinski definition) is 2. The van der Waals surface area contributed by atoms with E-state index in [9.17, 15) is 22.4 Å². The maximum atomic E-state index is 13.1. The molecule has 0 aliphatic rings. The number of nitrogens with one attached hydrogen (secondary N) is 1. The molecule has 30 heavy (non-hydrogen) atoms. The van der Waals surface area contributed by atoms with Gasteiger partial charge in [0.05, 0.1) is 11.1 Å². The summed E-state index contributed by atoms with van der Waals surface area (Å²) in [6.07, 6.45) is -3.27. The van der Waals surface area contributed by atoms with Crippen LogP contribution in [0.25, 0.3) is 0 Å². The Morgan fingerprint density at radius 3 is 2.53 bits per heavy atom. The molecule has 0 aliphatic heterocycles. The average molecular weight is 422 g/mol. The second-order valence-corrected chi connectivity index (χ2v) is 6.56. The summed E-state index contributed by atoms with van der Waals surface area (Å²) in [7, 11) is 0. The largest absolute Gasteiger partial charge is 0.457 e. The maximum Gasteiger partial charge on any atom is 0.419 e. The van der Waals surface area contributed by atoms with Gasteiger partial charge >= 0.3 is 6.18 Å². The van der Waals surface area contributed by atoms with Crippen molar-refractivity contribution in [3.8, 4) is 11.5 Å². The van der Waals surface area contributed by atoms with Crippen molar-refractivity contribution in [2.24, 2.45) is 5.73 Å². The first kappa shape index (κ1) is 23.0. The Bertz CT molecular complexity index is 946. The third-order valence-electron chi connectivity index (χ3n) is 3.97. The average Bonchev–Trinajstić information content (AvgIpc) is 2.66. The van der Waals surface area contributed by atoms with E-state index in [-0.39, 0.29) is 29.3 Å². The molecular weight excluding hydrogens is 400 g/mol. The predicted molar refractivity (Wildman–Crippen MR) is 106 cm³/mol. The minimum atomic E-state index is -4.55. The molecule has 0 spiro atoms. The molecule has 1 amide bonds. The molecule has 0 aromatic heterocycles. The molecule has 2 rings (SSSR count). The van der Waals surface area contributed by atoms with Gasteiger partial charge in [0.15, 0.2) is 0 Å². The van der Waals surface area contributed by atoms with Gasteiger partial charge in [0.25, 0.3) is 5.91 Å². The number of carbonyl (C=O) groups excluding carboxylic acids is 1. The molecular formula is C22H22F4N2O2. The number of benzene rings is 2. The van der Waals surface area contributed by atoms with Crippen LogP contribution in [0.5, 0.6) is 11.5 Å². The van der Waals surface area contributed by atoms with Crippen LogP contribution in [0, 0.1) is 0 Å². The summed E-state index contributed by atoms with van der Waals surface area (Å²) in [5.74, 6) is -0.628. The fourth-order valence-corrected chi connectivity index (χ4v) is 2.53. The molecule has 1 unspecified atom stereocenters. The Morgan fingerprint density at radius 2 is 1.90 bits per heavy atom. The Morgan fingerprint density at radius 1 is 1.20 bits per heavy atom. The van der Waals surface area contributed by atoms with E-state index in [4.69, 9.17) is 10.5 Å². The number of rotatable bonds is 7. The van der Waals surface area contributed by atoms with Crippen LogP contribution in [-0.4, -0.2) is 12.1 Å². The number of ether oxygens (including phenoxy) is 1. The molecule has 160 valence electrons. The molecule has 0 radical (unpaired) electrons. The van der Waals surface area contributed by atoms with Crippen molar-refractivity contribution >= 4 is 5.91 Å². The first-order valence-corrected chi connectivity index (χ1v) is 9.07. The molecule has 0 saturated heterocycles. The van der Waals surface area contributed by atoms with Gasteiger partial charge in [0.1, 0.15) is 17.7 Å². The van der Waals surface area contributed by atoms with Crippen LogP contribution >= 0.6 is 0 Å². The van der Waals surface area contributed by atoms with E-state index in [2.05, 4.69) is 5.32 Å². The Balaban J connectivity index is 2.12. The van der Waals surface area contributed by atoms with E-state index in [1.165, 1.54) is 56.3 Å². The van der Waals surface area contributed by atoms with Crippen LogP contribution in [0.4, 0.5) is 17.6 Å². The van der Waals surface area contributed by atoms with E-state index in [1.54, 1.807) is 12.1 Å². The van der Waals surface area contributed by atoms with Crippen LogP contribution in [0.1, 0.15) is 25.0 Å². The lowest BCUT2D eigenvalue weighted by atomic mass is 10.1. The van der Waals surface area contributed by atoms with Gasteiger partial charge < -0.3 is 15.8 Å². The lowest BCUT2D eigenvalue weighted by Gasteiger charge is -2.14. The first-order valence-electron chi connectivity index (χ1n) is 9.07. The van der Waals surface area contributed by atoms with Gasteiger partial charge in [-0.05, 0) is 49.8 Å². The van der Waals surface area contributed by atoms with Crippen LogP contribution in [0.15, 0.2) is 72.0 Å². The van der Waals surface area contributed by atoms with Crippen LogP contribution in [-0.2, 0) is 17.5 Å². The summed E-state index contributed by atoms with van der Waals surface area (Å²) in [4.78, 5) is 12.3. The van der Waals surface area contributed by atoms with Crippen molar-refractivity contribution in [2.45, 2.75) is 32.7 Å². The van der Waals surface area contributed by atoms with Gasteiger partial charge in [-0.15, -0.1) is 0 Å². The lowest BCUT2D eigenvalue weighted by molar-refractivity contribution is -0.138. The summed E-state index contributed by atoms with van der Waals surface area (Å²) < 4.78 is 57.8. The van der Waals surface area contributed by atoms with Gasteiger partial charge in [-0.1, -0.05) is 30.3 Å². The van der Waals surface area contributed by atoms with Crippen molar-refractivity contribution in [1.82, 2.24) is 5.32 Å². The maximum absolute atomic E-state index is 13.1. The number of carbonyl (C=O) groups is 1. The number of alkyl halides is 4. The van der Waals surface area contributed by atoms with Crippen molar-refractivity contribution < 1.29 is 27.1 Å². The predicted octanol–water partition coefficient (Wildman–Crippen LogP) is 5.26. The lowest BCUT2D eigenvalue weighted by Crippen LogP contribution is -2.25. The Hall–Kier alpha value is -3.29. The van der Waals surface area contributed by atoms with Gasteiger partial charge in [-0.25, -0.2) is 4.39 Å². The van der Waals surface area contributed by atoms with Crippen molar-refractivity contribution in [3.05, 3.63) is 83.1 Å². The van der Waals surface area contributed by atoms with E-state index >= 15 is 0 Å². The molecule has 3 N–H and O–H groups in total. The number of para-hydroxylation sites is 1. The first-order chi connectivity index (χ1) is 14.1. The summed E-state index contributed by atoms with van der Waals surface area (Å²) in [5.41, 5.74) is 5.76. The molecule has 2 aromatic carbocycles. The monoisotopic (exact) mass is 422 g/mol. The zero-order valence-corrected chi connectivity index (χ0v) is 16.5. The highest BCUT2D eigenvalue weighted by Crippen LogP contribution is 2.37. The van der Waals surface area contributed by atoms with Crippen molar-refractivity contribution in [1.29, 1.82) is 0 Å². The van der Waals surface area contributed by atoms with Gasteiger partial charge in [-0.2, -0.15) is 13.2 Å². The topological polar surface area (TPSA) is 64.4 Å². The van der Waals surface area contributed by atoms with Crippen molar-refractivity contribution in [3.63, 3.8) is 0 Å². The Kier molecular flexibility index (Phi) is 7.63. The SMILES string of the molecule is C/C(N)=C(\C=C/C(C)F)C(=O)NCc1cccc(Oc2ccccc2C(F)(F)F)c1. The summed E-state index contributed by atoms with van der Waals surface area (Å²) in [6, 6.07) is 11.2. The molecule has 0 heterocycles. The Labute approximate surface area is 172 Å². The number of halogens is 4. The van der Waals surface area contributed by atoms with Crippen LogP contribution in [0.3, 0.4) is 0 Å². The van der Waals surface area contributed by atoms with E-state index < -0.39 is 23.8 Å². The highest BCUT2D eigenvalue weighted by molar-refractivity contribution is 5.96. The highest BCUT2D eigenvalue weighted by Gasteiger charge is 2.34. The molecule has 0 bridgehead atoms. The highest BCUT2D eigenvalue weighted by atomic mass is 19.4. The second kappa shape index (κ2) is 9.96. The molecule has 0 saturated carbocycles. The molecule has 0 fully saturated rings. The van der Waals surface area contributed by atoms with E-state index in [0.29, 0.717) is 5.56 Å². The smallest absolute Gasteiger partial charge is 0.419 e. The molecule has 1 atom stereocenters.